The third-order valence-electron chi connectivity index (χ3n) is 3.68. The van der Waals surface area contributed by atoms with Gasteiger partial charge >= 0.3 is 0 Å². The van der Waals surface area contributed by atoms with E-state index in [1.54, 1.807) is 11.3 Å². The van der Waals surface area contributed by atoms with Gasteiger partial charge in [0.05, 0.1) is 10.7 Å². The summed E-state index contributed by atoms with van der Waals surface area (Å²) in [5.41, 5.74) is 1.27. The van der Waals surface area contributed by atoms with Crippen LogP contribution in [0.5, 0.6) is 0 Å². The molecule has 0 amide bonds. The fourth-order valence-electron chi connectivity index (χ4n) is 2.51. The number of nitrogens with one attached hydrogen (secondary N) is 1. The fourth-order valence-corrected chi connectivity index (χ4v) is 3.25. The van der Waals surface area contributed by atoms with Gasteiger partial charge in [-0.1, -0.05) is 13.8 Å². The summed E-state index contributed by atoms with van der Waals surface area (Å²) < 4.78 is 0. The molecular weight excluding hydrogens is 278 g/mol. The molecule has 0 aromatic carbocycles. The number of nitrogens with zero attached hydrogens (tertiary/aromatic N) is 2. The number of rotatable bonds is 6. The number of hydrogen-bond acceptors (Lipinski definition) is 4. The molecule has 0 radical (unpaired) electrons. The molecule has 1 N–H and O–H groups in total. The van der Waals surface area contributed by atoms with Gasteiger partial charge in [0, 0.05) is 11.9 Å². The first kappa shape index (κ1) is 16.9. The predicted molar refractivity (Wildman–Crippen MR) is 85.3 cm³/mol. The molecule has 1 aromatic rings. The van der Waals surface area contributed by atoms with Gasteiger partial charge < -0.3 is 5.32 Å². The Hall–Kier alpha value is -0.160. The molecule has 0 unspecified atom stereocenters. The standard InChI is InChI=1S/C14H25N3S.ClH/c1-3-14-16-13(11-18-14)10-17-7-5-12(6-8-17)9-15-4-2;/h11-12,15H,3-10H2,1-2H3;1H. The topological polar surface area (TPSA) is 28.2 Å². The predicted octanol–water partition coefficient (Wildman–Crippen LogP) is 2.95. The molecule has 1 aliphatic heterocycles. The first-order valence-electron chi connectivity index (χ1n) is 7.18. The van der Waals surface area contributed by atoms with Crippen LogP contribution in [-0.2, 0) is 13.0 Å². The molecule has 2 rings (SSSR count). The smallest absolute Gasteiger partial charge is 0.0926 e. The lowest BCUT2D eigenvalue weighted by Crippen LogP contribution is -2.36. The van der Waals surface area contributed by atoms with Gasteiger partial charge in [-0.2, -0.15) is 0 Å². The van der Waals surface area contributed by atoms with Crippen molar-refractivity contribution >= 4 is 23.7 Å². The summed E-state index contributed by atoms with van der Waals surface area (Å²) in [6, 6.07) is 0. The Morgan fingerprint density at radius 1 is 1.37 bits per heavy atom. The monoisotopic (exact) mass is 303 g/mol. The highest BCUT2D eigenvalue weighted by Crippen LogP contribution is 2.19. The third kappa shape index (κ3) is 5.38. The van der Waals surface area contributed by atoms with Crippen molar-refractivity contribution in [2.75, 3.05) is 26.2 Å². The maximum Gasteiger partial charge on any atom is 0.0926 e. The first-order chi connectivity index (χ1) is 8.81. The quantitative estimate of drug-likeness (QED) is 0.876. The highest BCUT2D eigenvalue weighted by Gasteiger charge is 2.19. The summed E-state index contributed by atoms with van der Waals surface area (Å²) >= 11 is 1.80. The van der Waals surface area contributed by atoms with Gasteiger partial charge in [-0.3, -0.25) is 4.90 Å². The van der Waals surface area contributed by atoms with Gasteiger partial charge in [0.2, 0.25) is 0 Å². The van der Waals surface area contributed by atoms with Crippen LogP contribution in [0.2, 0.25) is 0 Å². The van der Waals surface area contributed by atoms with Crippen molar-refractivity contribution in [3.63, 3.8) is 0 Å². The lowest BCUT2D eigenvalue weighted by atomic mass is 9.97. The molecule has 5 heteroatoms. The van der Waals surface area contributed by atoms with Crippen LogP contribution in [0, 0.1) is 5.92 Å². The summed E-state index contributed by atoms with van der Waals surface area (Å²) in [4.78, 5) is 7.21. The molecule has 1 saturated heterocycles. The number of likely N-dealkylation sites (tertiary alicyclic amines) is 1. The van der Waals surface area contributed by atoms with E-state index in [0.29, 0.717) is 0 Å². The molecule has 0 bridgehead atoms. The molecule has 19 heavy (non-hydrogen) atoms. The number of aryl methyl sites for hydroxylation is 1. The Labute approximate surface area is 127 Å². The van der Waals surface area contributed by atoms with E-state index in [4.69, 9.17) is 0 Å². The van der Waals surface area contributed by atoms with Crippen molar-refractivity contribution in [2.45, 2.75) is 39.7 Å². The SMILES string of the molecule is CCNCC1CCN(Cc2csc(CC)n2)CC1.Cl. The zero-order chi connectivity index (χ0) is 12.8. The van der Waals surface area contributed by atoms with Crippen LogP contribution in [0.4, 0.5) is 0 Å². The number of hydrogen-bond donors (Lipinski definition) is 1. The van der Waals surface area contributed by atoms with E-state index in [1.165, 1.54) is 43.2 Å². The molecule has 1 aliphatic rings. The van der Waals surface area contributed by atoms with Crippen molar-refractivity contribution in [3.05, 3.63) is 16.1 Å². The van der Waals surface area contributed by atoms with E-state index in [2.05, 4.69) is 34.4 Å². The highest BCUT2D eigenvalue weighted by molar-refractivity contribution is 7.09. The molecule has 2 heterocycles. The third-order valence-corrected chi connectivity index (χ3v) is 4.72. The molecule has 3 nitrogen and oxygen atoms in total. The maximum atomic E-state index is 4.66. The van der Waals surface area contributed by atoms with Crippen molar-refractivity contribution < 1.29 is 0 Å². The van der Waals surface area contributed by atoms with Gasteiger partial charge in [-0.15, -0.1) is 23.7 Å². The molecular formula is C14H26ClN3S. The van der Waals surface area contributed by atoms with Crippen LogP contribution < -0.4 is 5.32 Å². The van der Waals surface area contributed by atoms with Gasteiger partial charge in [0.1, 0.15) is 0 Å². The Balaban J connectivity index is 0.00000180. The highest BCUT2D eigenvalue weighted by atomic mass is 35.5. The number of piperidine rings is 1. The molecule has 0 atom stereocenters. The second kappa shape index (κ2) is 8.90. The van der Waals surface area contributed by atoms with E-state index >= 15 is 0 Å². The Kier molecular flexibility index (Phi) is 7.91. The van der Waals surface area contributed by atoms with Crippen LogP contribution >= 0.6 is 23.7 Å². The van der Waals surface area contributed by atoms with Gasteiger partial charge in [0.15, 0.2) is 0 Å². The van der Waals surface area contributed by atoms with Crippen LogP contribution in [0.3, 0.4) is 0 Å². The molecule has 1 aromatic heterocycles. The zero-order valence-corrected chi connectivity index (χ0v) is 13.7. The van der Waals surface area contributed by atoms with Crippen molar-refractivity contribution in [3.8, 4) is 0 Å². The van der Waals surface area contributed by atoms with Gasteiger partial charge in [-0.05, 0) is 51.4 Å². The van der Waals surface area contributed by atoms with E-state index in [1.807, 2.05) is 0 Å². The number of halogens is 1. The average Bonchev–Trinajstić information content (AvgIpc) is 2.86. The molecule has 0 aliphatic carbocycles. The summed E-state index contributed by atoms with van der Waals surface area (Å²) in [5.74, 6) is 0.878. The first-order valence-corrected chi connectivity index (χ1v) is 8.06. The summed E-state index contributed by atoms with van der Waals surface area (Å²) in [6.45, 7) is 10.2. The van der Waals surface area contributed by atoms with E-state index in [-0.39, 0.29) is 12.4 Å². The van der Waals surface area contributed by atoms with Crippen LogP contribution in [0.15, 0.2) is 5.38 Å². The van der Waals surface area contributed by atoms with Crippen molar-refractivity contribution in [2.24, 2.45) is 5.92 Å². The van der Waals surface area contributed by atoms with Crippen LogP contribution in [0.25, 0.3) is 0 Å². The lowest BCUT2D eigenvalue weighted by Gasteiger charge is -2.31. The Morgan fingerprint density at radius 2 is 2.11 bits per heavy atom. The molecule has 1 fully saturated rings. The minimum absolute atomic E-state index is 0. The molecule has 110 valence electrons. The van der Waals surface area contributed by atoms with E-state index in [0.717, 1.165) is 25.4 Å². The van der Waals surface area contributed by atoms with Crippen LogP contribution in [0.1, 0.15) is 37.4 Å². The zero-order valence-electron chi connectivity index (χ0n) is 12.0. The second-order valence-electron chi connectivity index (χ2n) is 5.11. The minimum Gasteiger partial charge on any atom is -0.317 e. The molecule has 0 spiro atoms. The van der Waals surface area contributed by atoms with Crippen molar-refractivity contribution in [1.29, 1.82) is 0 Å². The summed E-state index contributed by atoms with van der Waals surface area (Å²) in [5, 5.41) is 6.96. The lowest BCUT2D eigenvalue weighted by molar-refractivity contribution is 0.174. The normalized spacial score (nSPS) is 17.4. The summed E-state index contributed by atoms with van der Waals surface area (Å²) in [7, 11) is 0. The maximum absolute atomic E-state index is 4.66. The van der Waals surface area contributed by atoms with Crippen molar-refractivity contribution in [1.82, 2.24) is 15.2 Å². The Morgan fingerprint density at radius 3 is 2.68 bits per heavy atom. The number of thiazole rings is 1. The van der Waals surface area contributed by atoms with E-state index < -0.39 is 0 Å². The minimum atomic E-state index is 0. The van der Waals surface area contributed by atoms with Gasteiger partial charge in [0.25, 0.3) is 0 Å². The van der Waals surface area contributed by atoms with Gasteiger partial charge in [-0.25, -0.2) is 4.98 Å². The van der Waals surface area contributed by atoms with E-state index in [9.17, 15) is 0 Å². The Bertz CT molecular complexity index is 348. The summed E-state index contributed by atoms with van der Waals surface area (Å²) in [6.07, 6.45) is 3.73. The fraction of sp³-hybridized carbons (Fsp3) is 0.786. The van der Waals surface area contributed by atoms with Crippen LogP contribution in [-0.4, -0.2) is 36.1 Å². The average molecular weight is 304 g/mol. The molecule has 0 saturated carbocycles. The largest absolute Gasteiger partial charge is 0.317 e. The second-order valence-corrected chi connectivity index (χ2v) is 6.06. The number of aromatic nitrogens is 1.